The van der Waals surface area contributed by atoms with E-state index in [1.165, 1.54) is 16.7 Å². The molecule has 5 rings (SSSR count). The summed E-state index contributed by atoms with van der Waals surface area (Å²) >= 11 is 0. The van der Waals surface area contributed by atoms with Gasteiger partial charge in [-0.05, 0) is 54.3 Å². The number of fused-ring (bicyclic) bond motifs is 2. The van der Waals surface area contributed by atoms with Crippen LogP contribution in [0.2, 0.25) is 0 Å². The Balaban J connectivity index is 1.33. The van der Waals surface area contributed by atoms with Gasteiger partial charge >= 0.3 is 6.03 Å². The second-order valence-corrected chi connectivity index (χ2v) is 10.0. The number of anilines is 1. The van der Waals surface area contributed by atoms with Crippen LogP contribution in [0.15, 0.2) is 72.8 Å². The summed E-state index contributed by atoms with van der Waals surface area (Å²) in [6, 6.07) is 24.5. The average Bonchev–Trinajstić information content (AvgIpc) is 2.96. The van der Waals surface area contributed by atoms with Crippen LogP contribution in [0.25, 0.3) is 10.9 Å². The van der Waals surface area contributed by atoms with E-state index in [-0.39, 0.29) is 18.0 Å². The van der Waals surface area contributed by atoms with E-state index in [9.17, 15) is 4.79 Å². The zero-order valence-corrected chi connectivity index (χ0v) is 23.0. The van der Waals surface area contributed by atoms with Crippen molar-refractivity contribution in [2.24, 2.45) is 0 Å². The molecular weight excluding hydrogens is 488 g/mol. The van der Waals surface area contributed by atoms with Gasteiger partial charge in [0.1, 0.15) is 0 Å². The van der Waals surface area contributed by atoms with Gasteiger partial charge in [0.05, 0.1) is 25.4 Å². The second-order valence-electron chi connectivity index (χ2n) is 10.0. The van der Waals surface area contributed by atoms with Gasteiger partial charge in [0.15, 0.2) is 11.5 Å². The molecule has 2 amide bonds. The number of rotatable bonds is 8. The van der Waals surface area contributed by atoms with Crippen LogP contribution in [-0.2, 0) is 6.42 Å². The van der Waals surface area contributed by atoms with Gasteiger partial charge < -0.3 is 20.1 Å². The molecule has 1 aliphatic rings. The predicted octanol–water partition coefficient (Wildman–Crippen LogP) is 6.09. The molecule has 1 aliphatic heterocycles. The Morgan fingerprint density at radius 3 is 2.51 bits per heavy atom. The highest BCUT2D eigenvalue weighted by Gasteiger charge is 2.33. The fourth-order valence-electron chi connectivity index (χ4n) is 5.69. The summed E-state index contributed by atoms with van der Waals surface area (Å²) in [6.45, 7) is 6.34. The number of nitrogens with zero attached hydrogens (tertiary/aromatic N) is 2. The molecule has 0 fully saturated rings. The Morgan fingerprint density at radius 1 is 1.03 bits per heavy atom. The van der Waals surface area contributed by atoms with Crippen LogP contribution in [0.3, 0.4) is 0 Å². The smallest absolute Gasteiger partial charge is 0.319 e. The number of aryl methyl sites for hydroxylation is 1. The van der Waals surface area contributed by atoms with Crippen molar-refractivity contribution < 1.29 is 14.3 Å². The quantitative estimate of drug-likeness (QED) is 0.292. The number of aromatic nitrogens is 1. The van der Waals surface area contributed by atoms with E-state index in [1.54, 1.807) is 14.2 Å². The molecule has 0 radical (unpaired) electrons. The minimum absolute atomic E-state index is 0.132. The van der Waals surface area contributed by atoms with Gasteiger partial charge in [0.25, 0.3) is 0 Å². The first-order chi connectivity index (χ1) is 19.0. The van der Waals surface area contributed by atoms with E-state index in [0.717, 1.165) is 53.3 Å². The normalized spacial score (nSPS) is 15.8. The molecule has 7 nitrogen and oxygen atoms in total. The number of carbonyl (C=O) groups excluding carboxylic acids is 1. The van der Waals surface area contributed by atoms with Crippen LogP contribution in [0.5, 0.6) is 11.5 Å². The van der Waals surface area contributed by atoms with Crippen molar-refractivity contribution in [1.29, 1.82) is 0 Å². The minimum atomic E-state index is -0.220. The van der Waals surface area contributed by atoms with E-state index in [0.29, 0.717) is 6.54 Å². The Kier molecular flexibility index (Phi) is 7.98. The fourth-order valence-corrected chi connectivity index (χ4v) is 5.69. The van der Waals surface area contributed by atoms with E-state index in [2.05, 4.69) is 63.8 Å². The number of ether oxygens (including phenoxy) is 2. The van der Waals surface area contributed by atoms with Crippen molar-refractivity contribution in [2.75, 3.05) is 39.2 Å². The Morgan fingerprint density at radius 2 is 1.74 bits per heavy atom. The summed E-state index contributed by atoms with van der Waals surface area (Å²) in [5, 5.41) is 7.02. The SMILES string of the molecule is COc1cc2c(cc1OC)C(C(C)c1ccccc1)N(CCNC(=O)Nc1cc(C)nc3ccccc13)CC2. The molecule has 0 saturated heterocycles. The predicted molar refractivity (Wildman–Crippen MR) is 156 cm³/mol. The molecule has 0 saturated carbocycles. The molecule has 2 N–H and O–H groups in total. The third-order valence-corrected chi connectivity index (χ3v) is 7.60. The van der Waals surface area contributed by atoms with Crippen molar-refractivity contribution in [1.82, 2.24) is 15.2 Å². The lowest BCUT2D eigenvalue weighted by Gasteiger charge is -2.41. The maximum atomic E-state index is 12.9. The first-order valence-corrected chi connectivity index (χ1v) is 13.4. The Labute approximate surface area is 230 Å². The lowest BCUT2D eigenvalue weighted by atomic mass is 9.82. The van der Waals surface area contributed by atoms with Crippen molar-refractivity contribution in [3.8, 4) is 11.5 Å². The maximum Gasteiger partial charge on any atom is 0.319 e. The van der Waals surface area contributed by atoms with Crippen molar-refractivity contribution >= 4 is 22.6 Å². The molecule has 202 valence electrons. The van der Waals surface area contributed by atoms with E-state index in [4.69, 9.17) is 9.47 Å². The van der Waals surface area contributed by atoms with E-state index >= 15 is 0 Å². The zero-order chi connectivity index (χ0) is 27.4. The largest absolute Gasteiger partial charge is 0.493 e. The van der Waals surface area contributed by atoms with Crippen LogP contribution in [0.1, 0.15) is 41.3 Å². The number of para-hydroxylation sites is 1. The molecule has 39 heavy (non-hydrogen) atoms. The number of carbonyl (C=O) groups is 1. The van der Waals surface area contributed by atoms with Crippen LogP contribution >= 0.6 is 0 Å². The van der Waals surface area contributed by atoms with Gasteiger partial charge in [-0.2, -0.15) is 0 Å². The lowest BCUT2D eigenvalue weighted by Crippen LogP contribution is -2.43. The first-order valence-electron chi connectivity index (χ1n) is 13.4. The molecule has 2 atom stereocenters. The highest BCUT2D eigenvalue weighted by atomic mass is 16.5. The minimum Gasteiger partial charge on any atom is -0.493 e. The molecule has 3 aromatic carbocycles. The fraction of sp³-hybridized carbons (Fsp3) is 0.312. The molecule has 7 heteroatoms. The third-order valence-electron chi connectivity index (χ3n) is 7.60. The van der Waals surface area contributed by atoms with Gasteiger partial charge in [-0.15, -0.1) is 0 Å². The third kappa shape index (κ3) is 5.68. The van der Waals surface area contributed by atoms with Crippen molar-refractivity contribution in [3.05, 3.63) is 95.2 Å². The van der Waals surface area contributed by atoms with Gasteiger partial charge in [-0.25, -0.2) is 4.79 Å². The molecule has 4 aromatic rings. The Bertz CT molecular complexity index is 1460. The zero-order valence-electron chi connectivity index (χ0n) is 23.0. The Hall–Kier alpha value is -4.10. The summed E-state index contributed by atoms with van der Waals surface area (Å²) in [5.74, 6) is 1.73. The van der Waals surface area contributed by atoms with Crippen LogP contribution in [0.4, 0.5) is 10.5 Å². The molecule has 2 unspecified atom stereocenters. The van der Waals surface area contributed by atoms with Crippen molar-refractivity contribution in [3.63, 3.8) is 0 Å². The summed E-state index contributed by atoms with van der Waals surface area (Å²) < 4.78 is 11.3. The molecule has 0 spiro atoms. The molecule has 1 aromatic heterocycles. The number of methoxy groups -OCH3 is 2. The standard InChI is InChI=1S/C32H36N4O3/c1-21-18-28(25-12-8-9-13-27(25)34-21)35-32(37)33-15-17-36-16-14-24-19-29(38-3)30(39-4)20-26(24)31(36)22(2)23-10-6-5-7-11-23/h5-13,18-20,22,31H,14-17H2,1-4H3,(H2,33,34,35,37). The van der Waals surface area contributed by atoms with Crippen LogP contribution < -0.4 is 20.1 Å². The summed E-state index contributed by atoms with van der Waals surface area (Å²) in [7, 11) is 3.35. The van der Waals surface area contributed by atoms with Gasteiger partial charge in [0, 0.05) is 42.7 Å². The summed E-state index contributed by atoms with van der Waals surface area (Å²) in [5.41, 5.74) is 6.30. The maximum absolute atomic E-state index is 12.9. The molecule has 0 aliphatic carbocycles. The number of hydrogen-bond acceptors (Lipinski definition) is 5. The number of nitrogens with one attached hydrogen (secondary N) is 2. The highest BCUT2D eigenvalue weighted by Crippen LogP contribution is 2.44. The van der Waals surface area contributed by atoms with E-state index in [1.807, 2.05) is 43.3 Å². The van der Waals surface area contributed by atoms with Crippen molar-refractivity contribution in [2.45, 2.75) is 32.2 Å². The van der Waals surface area contributed by atoms with Crippen LogP contribution in [-0.4, -0.2) is 49.8 Å². The number of pyridine rings is 1. The molecule has 2 heterocycles. The van der Waals surface area contributed by atoms with E-state index < -0.39 is 0 Å². The van der Waals surface area contributed by atoms with Gasteiger partial charge in [0.2, 0.25) is 0 Å². The molecular formula is C32H36N4O3. The monoisotopic (exact) mass is 524 g/mol. The lowest BCUT2D eigenvalue weighted by molar-refractivity contribution is 0.164. The number of hydrogen-bond donors (Lipinski definition) is 2. The second kappa shape index (κ2) is 11.7. The summed E-state index contributed by atoms with van der Waals surface area (Å²) in [6.07, 6.45) is 0.905. The van der Waals surface area contributed by atoms with Gasteiger partial charge in [-0.3, -0.25) is 9.88 Å². The number of urea groups is 1. The number of amides is 2. The number of benzene rings is 3. The molecule has 0 bridgehead atoms. The first kappa shape index (κ1) is 26.5. The summed E-state index contributed by atoms with van der Waals surface area (Å²) in [4.78, 5) is 19.9. The topological polar surface area (TPSA) is 75.7 Å². The highest BCUT2D eigenvalue weighted by molar-refractivity contribution is 6.00. The average molecular weight is 525 g/mol. The van der Waals surface area contributed by atoms with Crippen LogP contribution in [0, 0.1) is 6.92 Å². The van der Waals surface area contributed by atoms with Gasteiger partial charge in [-0.1, -0.05) is 55.5 Å².